The van der Waals surface area contributed by atoms with Crippen molar-refractivity contribution in [2.24, 2.45) is 0 Å². The van der Waals surface area contributed by atoms with Crippen molar-refractivity contribution in [1.82, 2.24) is 4.98 Å². The highest BCUT2D eigenvalue weighted by Gasteiger charge is 1.93. The van der Waals surface area contributed by atoms with Gasteiger partial charge in [-0.1, -0.05) is 12.7 Å². The van der Waals surface area contributed by atoms with Crippen molar-refractivity contribution in [3.05, 3.63) is 45.2 Å². The summed E-state index contributed by atoms with van der Waals surface area (Å²) in [5.41, 5.74) is 4.29. The minimum atomic E-state index is -0.0706. The smallest absolute Gasteiger partial charge is 0.251 e. The van der Waals surface area contributed by atoms with Crippen LogP contribution in [0.3, 0.4) is 0 Å². The van der Waals surface area contributed by atoms with Gasteiger partial charge in [0.15, 0.2) is 0 Å². The molecule has 3 heteroatoms. The molecule has 0 saturated heterocycles. The van der Waals surface area contributed by atoms with Gasteiger partial charge < -0.3 is 10.7 Å². The maximum Gasteiger partial charge on any atom is 0.251 e. The standard InChI is InChI=1S/C10H12N2O/c1-3-4-9-8(6-11)5-7(2)10(13)12-9/h3-6H,1,11H2,2H3,(H,12,13)/p+1/b8-6-,9-4+. The van der Waals surface area contributed by atoms with Crippen LogP contribution in [0.25, 0.3) is 12.3 Å². The van der Waals surface area contributed by atoms with Gasteiger partial charge in [0, 0.05) is 5.56 Å². The number of aryl methyl sites for hydroxylation is 1. The molecular formula is C10H13N2O+. The predicted molar refractivity (Wildman–Crippen MR) is 53.1 cm³/mol. The molecule has 0 amide bonds. The van der Waals surface area contributed by atoms with E-state index in [1.807, 2.05) is 0 Å². The first-order valence-electron chi connectivity index (χ1n) is 4.01. The first-order chi connectivity index (χ1) is 6.19. The normalized spacial score (nSPS) is 13.4. The third-order valence-corrected chi connectivity index (χ3v) is 1.79. The molecule has 0 unspecified atom stereocenters. The Labute approximate surface area is 75.9 Å². The zero-order valence-electron chi connectivity index (χ0n) is 7.63. The maximum atomic E-state index is 11.2. The average molecular weight is 177 g/mol. The zero-order chi connectivity index (χ0) is 9.84. The number of rotatable bonds is 1. The highest BCUT2D eigenvalue weighted by Crippen LogP contribution is 1.74. The Kier molecular flexibility index (Phi) is 2.82. The first kappa shape index (κ1) is 9.48. The molecule has 0 saturated carbocycles. The SMILES string of the molecule is C=C/C=c1/[nH]c(=O)c(C)c/c1=C/[NH3+]. The van der Waals surface area contributed by atoms with E-state index in [1.165, 1.54) is 0 Å². The number of H-pyrrole nitrogens is 1. The van der Waals surface area contributed by atoms with Crippen molar-refractivity contribution in [3.63, 3.8) is 0 Å². The summed E-state index contributed by atoms with van der Waals surface area (Å²) in [5, 5.41) is 1.66. The molecule has 13 heavy (non-hydrogen) atoms. The molecule has 0 aliphatic heterocycles. The Balaban J connectivity index is 3.72. The number of pyridine rings is 1. The number of aromatic amines is 1. The van der Waals surface area contributed by atoms with E-state index in [4.69, 9.17) is 0 Å². The fourth-order valence-corrected chi connectivity index (χ4v) is 1.09. The molecule has 68 valence electrons. The van der Waals surface area contributed by atoms with Crippen LogP contribution in [0.2, 0.25) is 0 Å². The van der Waals surface area contributed by atoms with Crippen LogP contribution in [-0.2, 0) is 0 Å². The monoisotopic (exact) mass is 177 g/mol. The second-order valence-corrected chi connectivity index (χ2v) is 2.76. The Morgan fingerprint density at radius 3 is 2.85 bits per heavy atom. The average Bonchev–Trinajstić information content (AvgIpc) is 2.11. The molecule has 0 atom stereocenters. The van der Waals surface area contributed by atoms with Crippen LogP contribution in [0.4, 0.5) is 0 Å². The van der Waals surface area contributed by atoms with Gasteiger partial charge in [-0.2, -0.15) is 0 Å². The lowest BCUT2D eigenvalue weighted by atomic mass is 10.2. The molecule has 1 rings (SSSR count). The van der Waals surface area contributed by atoms with Gasteiger partial charge in [-0.3, -0.25) is 4.79 Å². The second-order valence-electron chi connectivity index (χ2n) is 2.76. The van der Waals surface area contributed by atoms with Crippen LogP contribution in [-0.4, -0.2) is 4.98 Å². The summed E-state index contributed by atoms with van der Waals surface area (Å²) in [6, 6.07) is 1.81. The van der Waals surface area contributed by atoms with Crippen LogP contribution >= 0.6 is 0 Å². The van der Waals surface area contributed by atoms with Gasteiger partial charge in [0.25, 0.3) is 5.56 Å². The van der Waals surface area contributed by atoms with Crippen LogP contribution < -0.4 is 21.9 Å². The molecule has 1 aromatic heterocycles. The van der Waals surface area contributed by atoms with Crippen LogP contribution in [0, 0.1) is 6.92 Å². The molecule has 0 bridgehead atoms. The van der Waals surface area contributed by atoms with Gasteiger partial charge in [0.05, 0.1) is 10.6 Å². The number of allylic oxidation sites excluding steroid dienone is 1. The van der Waals surface area contributed by atoms with Crippen molar-refractivity contribution in [2.75, 3.05) is 0 Å². The molecule has 0 aliphatic rings. The van der Waals surface area contributed by atoms with Crippen molar-refractivity contribution in [3.8, 4) is 0 Å². The van der Waals surface area contributed by atoms with E-state index in [0.717, 1.165) is 10.6 Å². The largest absolute Gasteiger partial charge is 0.331 e. The van der Waals surface area contributed by atoms with E-state index in [-0.39, 0.29) is 5.56 Å². The molecule has 3 nitrogen and oxygen atoms in total. The van der Waals surface area contributed by atoms with Crippen LogP contribution in [0.1, 0.15) is 5.56 Å². The fraction of sp³-hybridized carbons (Fsp3) is 0.100. The summed E-state index contributed by atoms with van der Waals surface area (Å²) in [6.45, 7) is 5.34. The highest BCUT2D eigenvalue weighted by atomic mass is 16.1. The number of hydrogen-bond donors (Lipinski definition) is 2. The Morgan fingerprint density at radius 2 is 2.31 bits per heavy atom. The number of quaternary nitrogens is 1. The number of nitrogens with one attached hydrogen (secondary N) is 1. The summed E-state index contributed by atoms with van der Waals surface area (Å²) in [7, 11) is 0. The van der Waals surface area contributed by atoms with Gasteiger partial charge >= 0.3 is 0 Å². The molecule has 0 aliphatic carbocycles. The minimum Gasteiger partial charge on any atom is -0.331 e. The number of hydrogen-bond acceptors (Lipinski definition) is 1. The number of aromatic nitrogens is 1. The van der Waals surface area contributed by atoms with Crippen LogP contribution in [0.15, 0.2) is 23.5 Å². The third-order valence-electron chi connectivity index (χ3n) is 1.79. The van der Waals surface area contributed by atoms with Gasteiger partial charge in [0.2, 0.25) is 0 Å². The second kappa shape index (κ2) is 3.87. The minimum absolute atomic E-state index is 0.0706. The molecular weight excluding hydrogens is 164 g/mol. The molecule has 0 radical (unpaired) electrons. The molecule has 0 fully saturated rings. The zero-order valence-corrected chi connectivity index (χ0v) is 7.63. The van der Waals surface area contributed by atoms with Gasteiger partial charge in [-0.25, -0.2) is 0 Å². The van der Waals surface area contributed by atoms with Crippen molar-refractivity contribution < 1.29 is 5.73 Å². The third kappa shape index (κ3) is 1.95. The Morgan fingerprint density at radius 1 is 1.62 bits per heavy atom. The maximum absolute atomic E-state index is 11.2. The van der Waals surface area contributed by atoms with Crippen molar-refractivity contribution in [1.29, 1.82) is 0 Å². The van der Waals surface area contributed by atoms with E-state index in [9.17, 15) is 4.79 Å². The topological polar surface area (TPSA) is 60.5 Å². The van der Waals surface area contributed by atoms with Crippen molar-refractivity contribution in [2.45, 2.75) is 6.92 Å². The summed E-state index contributed by atoms with van der Waals surface area (Å²) in [5.74, 6) is 0. The predicted octanol–water partition coefficient (Wildman–Crippen LogP) is -1.37. The molecule has 0 spiro atoms. The van der Waals surface area contributed by atoms with Crippen molar-refractivity contribution >= 4 is 12.3 Å². The van der Waals surface area contributed by atoms with E-state index in [2.05, 4.69) is 17.3 Å². The fourth-order valence-electron chi connectivity index (χ4n) is 1.09. The lowest BCUT2D eigenvalue weighted by Crippen LogP contribution is -2.47. The lowest BCUT2D eigenvalue weighted by Gasteiger charge is -1.91. The van der Waals surface area contributed by atoms with E-state index in [1.54, 1.807) is 31.3 Å². The van der Waals surface area contributed by atoms with Gasteiger partial charge in [-0.15, -0.1) is 0 Å². The summed E-state index contributed by atoms with van der Waals surface area (Å²) in [6.07, 6.45) is 5.09. The Bertz CT molecular complexity index is 483. The summed E-state index contributed by atoms with van der Waals surface area (Å²) < 4.78 is 0. The van der Waals surface area contributed by atoms with Crippen LogP contribution in [0.5, 0.6) is 0 Å². The van der Waals surface area contributed by atoms with E-state index in [0.29, 0.717) is 5.56 Å². The lowest BCUT2D eigenvalue weighted by molar-refractivity contribution is -0.229. The quantitative estimate of drug-likeness (QED) is 0.546. The molecule has 4 N–H and O–H groups in total. The highest BCUT2D eigenvalue weighted by molar-refractivity contribution is 5.34. The first-order valence-corrected chi connectivity index (χ1v) is 4.01. The van der Waals surface area contributed by atoms with Gasteiger partial charge in [-0.05, 0) is 19.1 Å². The molecule has 1 aromatic rings. The van der Waals surface area contributed by atoms with E-state index >= 15 is 0 Å². The summed E-state index contributed by atoms with van der Waals surface area (Å²) >= 11 is 0. The Hall–Kier alpha value is -1.61. The van der Waals surface area contributed by atoms with E-state index < -0.39 is 0 Å². The molecule has 1 heterocycles. The van der Waals surface area contributed by atoms with Gasteiger partial charge in [0.1, 0.15) is 6.20 Å². The molecule has 0 aromatic carbocycles. The summed E-state index contributed by atoms with van der Waals surface area (Å²) in [4.78, 5) is 14.0.